The number of non-ortho nitro benzene ring substituents is 1. The molecule has 114 valence electrons. The summed E-state index contributed by atoms with van der Waals surface area (Å²) < 4.78 is 11.5. The van der Waals surface area contributed by atoms with Crippen molar-refractivity contribution in [1.82, 2.24) is 0 Å². The van der Waals surface area contributed by atoms with Crippen LogP contribution < -0.4 is 68.9 Å². The molecule has 0 aliphatic rings. The van der Waals surface area contributed by atoms with Crippen LogP contribution in [0.5, 0.6) is 0 Å². The van der Waals surface area contributed by atoms with E-state index in [0.29, 0.717) is 0 Å². The number of rotatable bonds is 5. The number of carbonyl (C=O) groups excluding carboxylic acids is 1. The predicted molar refractivity (Wildman–Crippen MR) is 74.2 cm³/mol. The van der Waals surface area contributed by atoms with Crippen molar-refractivity contribution >= 4 is 19.1 Å². The summed E-state index contributed by atoms with van der Waals surface area (Å²) in [4.78, 5) is 45.4. The van der Waals surface area contributed by atoms with Gasteiger partial charge in [-0.1, -0.05) is 50.1 Å². The van der Waals surface area contributed by atoms with E-state index in [4.69, 9.17) is 0 Å². The second kappa shape index (κ2) is 9.97. The Bertz CT molecular complexity index is 765. The van der Waals surface area contributed by atoms with Crippen LogP contribution >= 0.6 is 7.60 Å². The normalized spacial score (nSPS) is 11.6. The van der Waals surface area contributed by atoms with Crippen molar-refractivity contribution < 1.29 is 83.2 Å². The minimum atomic E-state index is -5.28. The number of hydrogen-bond acceptors (Lipinski definition) is 6. The van der Waals surface area contributed by atoms with E-state index in [1.807, 2.05) is 0 Å². The molecular formula is C14H10NNa2O6P. The molecule has 0 saturated heterocycles. The first-order chi connectivity index (χ1) is 10.3. The van der Waals surface area contributed by atoms with Crippen molar-refractivity contribution in [3.05, 3.63) is 75.8 Å². The van der Waals surface area contributed by atoms with Crippen LogP contribution in [0.15, 0.2) is 54.6 Å². The molecule has 0 radical (unpaired) electrons. The van der Waals surface area contributed by atoms with Crippen LogP contribution in [0.2, 0.25) is 0 Å². The monoisotopic (exact) mass is 365 g/mol. The minimum absolute atomic E-state index is 0. The van der Waals surface area contributed by atoms with E-state index < -0.39 is 24.0 Å². The quantitative estimate of drug-likeness (QED) is 0.173. The molecular weight excluding hydrogens is 355 g/mol. The standard InChI is InChI=1S/C14H12NO6P.2Na/c16-13(11-7-4-8-12(9-11)15(17)18)14(22(19,20)21)10-5-2-1-3-6-10;;/h1-9,14H,(H2,19,20,21);;/q;2*+1/p-2. The first-order valence-electron chi connectivity index (χ1n) is 6.16. The van der Waals surface area contributed by atoms with Crippen LogP contribution in [0.4, 0.5) is 5.69 Å². The van der Waals surface area contributed by atoms with Crippen LogP contribution in [-0.4, -0.2) is 10.7 Å². The molecule has 0 heterocycles. The SMILES string of the molecule is O=C(c1cccc([N+](=O)[O-])c1)C(c1ccccc1)P(=O)([O-])[O-].[Na+].[Na+]. The van der Waals surface area contributed by atoms with Crippen molar-refractivity contribution in [2.75, 3.05) is 0 Å². The Morgan fingerprint density at radius 2 is 1.58 bits per heavy atom. The molecule has 1 atom stereocenters. The molecule has 1 unspecified atom stereocenters. The fraction of sp³-hybridized carbons (Fsp3) is 0.0714. The Balaban J connectivity index is 0.00000264. The molecule has 0 aromatic heterocycles. The van der Waals surface area contributed by atoms with Gasteiger partial charge in [0.25, 0.3) is 5.69 Å². The fourth-order valence-electron chi connectivity index (χ4n) is 2.04. The topological polar surface area (TPSA) is 123 Å². The molecule has 0 amide bonds. The van der Waals surface area contributed by atoms with E-state index in [1.54, 1.807) is 6.07 Å². The van der Waals surface area contributed by atoms with Gasteiger partial charge in [-0.05, 0) is 5.56 Å². The van der Waals surface area contributed by atoms with Gasteiger partial charge in [0.15, 0.2) is 5.78 Å². The maximum absolute atomic E-state index is 12.4. The van der Waals surface area contributed by atoms with Crippen LogP contribution in [-0.2, 0) is 4.57 Å². The third kappa shape index (κ3) is 5.88. The first kappa shape index (κ1) is 23.7. The van der Waals surface area contributed by atoms with Gasteiger partial charge in [-0.25, -0.2) is 0 Å². The maximum Gasteiger partial charge on any atom is 1.00 e. The Kier molecular flexibility index (Phi) is 9.83. The van der Waals surface area contributed by atoms with Gasteiger partial charge in [-0.3, -0.25) is 14.9 Å². The van der Waals surface area contributed by atoms with Crippen LogP contribution in [0.1, 0.15) is 21.6 Å². The van der Waals surface area contributed by atoms with Crippen LogP contribution in [0.25, 0.3) is 0 Å². The molecule has 7 nitrogen and oxygen atoms in total. The summed E-state index contributed by atoms with van der Waals surface area (Å²) in [6, 6.07) is 11.9. The van der Waals surface area contributed by atoms with Gasteiger partial charge < -0.3 is 14.4 Å². The molecule has 2 aromatic rings. The fourth-order valence-corrected chi connectivity index (χ4v) is 3.02. The molecule has 2 rings (SSSR count). The Morgan fingerprint density at radius 1 is 1.00 bits per heavy atom. The van der Waals surface area contributed by atoms with Gasteiger partial charge in [-0.15, -0.1) is 0 Å². The van der Waals surface area contributed by atoms with E-state index in [-0.39, 0.29) is 75.9 Å². The Hall–Kier alpha value is -0.340. The van der Waals surface area contributed by atoms with E-state index in [1.165, 1.54) is 42.5 Å². The summed E-state index contributed by atoms with van der Waals surface area (Å²) in [6.45, 7) is 0. The summed E-state index contributed by atoms with van der Waals surface area (Å²) >= 11 is 0. The number of Topliss-reactive ketones (excluding diaryl/α,β-unsaturated/α-hetero) is 1. The Morgan fingerprint density at radius 3 is 2.08 bits per heavy atom. The summed E-state index contributed by atoms with van der Waals surface area (Å²) in [5, 5.41) is 10.7. The number of hydrogen-bond donors (Lipinski definition) is 0. The van der Waals surface area contributed by atoms with Gasteiger partial charge in [-0.2, -0.15) is 0 Å². The molecule has 0 N–H and O–H groups in total. The van der Waals surface area contributed by atoms with Crippen molar-refractivity contribution in [2.45, 2.75) is 5.66 Å². The average molecular weight is 365 g/mol. The Labute approximate surface area is 182 Å². The molecule has 0 bridgehead atoms. The zero-order chi connectivity index (χ0) is 16.3. The number of benzene rings is 2. The average Bonchev–Trinajstić information content (AvgIpc) is 2.47. The second-order valence-corrected chi connectivity index (χ2v) is 6.12. The minimum Gasteiger partial charge on any atom is -0.810 e. The molecule has 0 spiro atoms. The van der Waals surface area contributed by atoms with E-state index in [0.717, 1.165) is 6.07 Å². The maximum atomic E-state index is 12.4. The largest absolute Gasteiger partial charge is 1.00 e. The summed E-state index contributed by atoms with van der Waals surface area (Å²) in [6.07, 6.45) is 0. The zero-order valence-electron chi connectivity index (χ0n) is 13.1. The van der Waals surface area contributed by atoms with Gasteiger partial charge in [0.05, 0.1) is 10.6 Å². The van der Waals surface area contributed by atoms with Crippen molar-refractivity contribution in [3.63, 3.8) is 0 Å². The van der Waals surface area contributed by atoms with Crippen molar-refractivity contribution in [1.29, 1.82) is 0 Å². The molecule has 0 fully saturated rings. The second-order valence-electron chi connectivity index (χ2n) is 4.52. The molecule has 2 aromatic carbocycles. The van der Waals surface area contributed by atoms with Gasteiger partial charge >= 0.3 is 59.1 Å². The van der Waals surface area contributed by atoms with E-state index in [2.05, 4.69) is 0 Å². The van der Waals surface area contributed by atoms with E-state index >= 15 is 0 Å². The number of ketones is 1. The number of nitrogens with zero attached hydrogens (tertiary/aromatic N) is 1. The third-order valence-electron chi connectivity index (χ3n) is 3.02. The van der Waals surface area contributed by atoms with Crippen molar-refractivity contribution in [3.8, 4) is 0 Å². The number of nitro groups is 1. The van der Waals surface area contributed by atoms with E-state index in [9.17, 15) is 29.3 Å². The van der Waals surface area contributed by atoms with Crippen LogP contribution in [0, 0.1) is 10.1 Å². The number of carbonyl (C=O) groups is 1. The molecule has 0 aliphatic heterocycles. The summed E-state index contributed by atoms with van der Waals surface area (Å²) in [5.41, 5.74) is -2.43. The molecule has 0 aliphatic carbocycles. The zero-order valence-corrected chi connectivity index (χ0v) is 18.0. The van der Waals surface area contributed by atoms with Gasteiger partial charge in [0, 0.05) is 17.7 Å². The number of nitro benzene ring substituents is 1. The van der Waals surface area contributed by atoms with Gasteiger partial charge in [0.2, 0.25) is 0 Å². The smallest absolute Gasteiger partial charge is 0.810 e. The van der Waals surface area contributed by atoms with Crippen LogP contribution in [0.3, 0.4) is 0 Å². The predicted octanol–water partition coefficient (Wildman–Crippen LogP) is -4.56. The van der Waals surface area contributed by atoms with Crippen molar-refractivity contribution in [2.24, 2.45) is 0 Å². The third-order valence-corrected chi connectivity index (χ3v) is 4.19. The first-order valence-corrected chi connectivity index (χ1v) is 7.77. The summed E-state index contributed by atoms with van der Waals surface area (Å²) in [7, 11) is -5.28. The molecule has 0 saturated carbocycles. The summed E-state index contributed by atoms with van der Waals surface area (Å²) in [5.74, 6) is -0.983. The van der Waals surface area contributed by atoms with Gasteiger partial charge in [0.1, 0.15) is 0 Å². The molecule has 10 heteroatoms. The molecule has 24 heavy (non-hydrogen) atoms.